The maximum atomic E-state index is 11.0. The average molecular weight is 187 g/mol. The van der Waals surface area contributed by atoms with Crippen LogP contribution in [0.3, 0.4) is 0 Å². The highest BCUT2D eigenvalue weighted by Gasteiger charge is 2.19. The molecule has 0 heterocycles. The monoisotopic (exact) mass is 187 g/mol. The predicted molar refractivity (Wildman–Crippen MR) is 48.0 cm³/mol. The summed E-state index contributed by atoms with van der Waals surface area (Å²) in [6.45, 7) is 0.121. The quantitative estimate of drug-likeness (QED) is 0.609. The Bertz CT molecular complexity index is 166. The molecule has 3 N–H and O–H groups in total. The third-order valence-corrected chi connectivity index (χ3v) is 2.44. The SMILES string of the molecule is N[C@@H](CO)C(=O)OCC1CCCC1. The van der Waals surface area contributed by atoms with E-state index in [9.17, 15) is 4.79 Å². The van der Waals surface area contributed by atoms with Crippen LogP contribution in [0.1, 0.15) is 25.7 Å². The second-order valence-corrected chi connectivity index (χ2v) is 3.57. The van der Waals surface area contributed by atoms with Crippen molar-refractivity contribution in [3.8, 4) is 0 Å². The summed E-state index contributed by atoms with van der Waals surface area (Å²) < 4.78 is 4.95. The molecule has 0 aliphatic heterocycles. The van der Waals surface area contributed by atoms with Gasteiger partial charge >= 0.3 is 5.97 Å². The molecule has 1 aliphatic rings. The van der Waals surface area contributed by atoms with Gasteiger partial charge in [0.1, 0.15) is 6.04 Å². The van der Waals surface area contributed by atoms with Gasteiger partial charge < -0.3 is 15.6 Å². The molecule has 76 valence electrons. The van der Waals surface area contributed by atoms with Crippen molar-refractivity contribution in [3.63, 3.8) is 0 Å². The maximum absolute atomic E-state index is 11.0. The molecule has 0 radical (unpaired) electrons. The van der Waals surface area contributed by atoms with Crippen LogP contribution in [-0.4, -0.2) is 30.3 Å². The molecule has 1 saturated carbocycles. The van der Waals surface area contributed by atoms with Crippen molar-refractivity contribution < 1.29 is 14.6 Å². The lowest BCUT2D eigenvalue weighted by atomic mass is 10.1. The van der Waals surface area contributed by atoms with Crippen molar-refractivity contribution in [1.82, 2.24) is 0 Å². The van der Waals surface area contributed by atoms with E-state index in [-0.39, 0.29) is 6.61 Å². The third-order valence-electron chi connectivity index (χ3n) is 2.44. The van der Waals surface area contributed by atoms with Crippen molar-refractivity contribution in [2.45, 2.75) is 31.7 Å². The van der Waals surface area contributed by atoms with Crippen LogP contribution in [0.5, 0.6) is 0 Å². The van der Waals surface area contributed by atoms with Gasteiger partial charge in [-0.15, -0.1) is 0 Å². The molecule has 13 heavy (non-hydrogen) atoms. The minimum absolute atomic E-state index is 0.344. The fourth-order valence-electron chi connectivity index (χ4n) is 1.56. The zero-order chi connectivity index (χ0) is 9.68. The highest BCUT2D eigenvalue weighted by molar-refractivity contribution is 5.75. The first-order chi connectivity index (χ1) is 6.24. The van der Waals surface area contributed by atoms with E-state index in [1.165, 1.54) is 12.8 Å². The van der Waals surface area contributed by atoms with Crippen molar-refractivity contribution >= 4 is 5.97 Å². The minimum Gasteiger partial charge on any atom is -0.464 e. The van der Waals surface area contributed by atoms with Gasteiger partial charge in [0.25, 0.3) is 0 Å². The first-order valence-corrected chi connectivity index (χ1v) is 4.77. The molecule has 0 bridgehead atoms. The van der Waals surface area contributed by atoms with Crippen molar-refractivity contribution in [2.24, 2.45) is 11.7 Å². The average Bonchev–Trinajstić information content (AvgIpc) is 2.65. The Morgan fingerprint density at radius 2 is 2.15 bits per heavy atom. The second kappa shape index (κ2) is 5.19. The summed E-state index contributed by atoms with van der Waals surface area (Å²) in [4.78, 5) is 11.0. The number of aliphatic hydroxyl groups excluding tert-OH is 1. The van der Waals surface area contributed by atoms with Crippen LogP contribution in [-0.2, 0) is 9.53 Å². The third kappa shape index (κ3) is 3.32. The summed E-state index contributed by atoms with van der Waals surface area (Å²) in [6.07, 6.45) is 4.74. The molecule has 0 spiro atoms. The van der Waals surface area contributed by atoms with E-state index in [2.05, 4.69) is 0 Å². The number of esters is 1. The molecular formula is C9H17NO3. The van der Waals surface area contributed by atoms with Crippen molar-refractivity contribution in [3.05, 3.63) is 0 Å². The number of rotatable bonds is 4. The summed E-state index contributed by atoms with van der Waals surface area (Å²) in [5.74, 6) is 0.0178. The number of aliphatic hydroxyl groups is 1. The molecule has 0 aromatic heterocycles. The largest absolute Gasteiger partial charge is 0.464 e. The van der Waals surface area contributed by atoms with Gasteiger partial charge in [0.15, 0.2) is 0 Å². The molecule has 0 aromatic rings. The zero-order valence-corrected chi connectivity index (χ0v) is 7.74. The topological polar surface area (TPSA) is 72.5 Å². The molecule has 1 aliphatic carbocycles. The van der Waals surface area contributed by atoms with Crippen LogP contribution in [0.4, 0.5) is 0 Å². The molecule has 4 heteroatoms. The number of carbonyl (C=O) groups is 1. The Balaban J connectivity index is 2.13. The first kappa shape index (κ1) is 10.5. The maximum Gasteiger partial charge on any atom is 0.325 e. The number of nitrogens with two attached hydrogens (primary N) is 1. The fraction of sp³-hybridized carbons (Fsp3) is 0.889. The van der Waals surface area contributed by atoms with Gasteiger partial charge in [-0.1, -0.05) is 12.8 Å². The van der Waals surface area contributed by atoms with Crippen LogP contribution in [0.25, 0.3) is 0 Å². The highest BCUT2D eigenvalue weighted by Crippen LogP contribution is 2.24. The number of hydrogen-bond donors (Lipinski definition) is 2. The van der Waals surface area contributed by atoms with E-state index in [0.29, 0.717) is 12.5 Å². The van der Waals surface area contributed by atoms with Crippen LogP contribution < -0.4 is 5.73 Å². The fourth-order valence-corrected chi connectivity index (χ4v) is 1.56. The van der Waals surface area contributed by atoms with Crippen molar-refractivity contribution in [1.29, 1.82) is 0 Å². The predicted octanol–water partition coefficient (Wildman–Crippen LogP) is 0.0394. The van der Waals surface area contributed by atoms with Gasteiger partial charge in [0.05, 0.1) is 13.2 Å². The Morgan fingerprint density at radius 3 is 2.69 bits per heavy atom. The lowest BCUT2D eigenvalue weighted by Crippen LogP contribution is -2.36. The summed E-state index contributed by atoms with van der Waals surface area (Å²) in [7, 11) is 0. The van der Waals surface area contributed by atoms with Gasteiger partial charge in [-0.05, 0) is 18.8 Å². The Kier molecular flexibility index (Phi) is 4.18. The number of ether oxygens (including phenoxy) is 1. The zero-order valence-electron chi connectivity index (χ0n) is 7.74. The molecule has 0 aromatic carbocycles. The first-order valence-electron chi connectivity index (χ1n) is 4.77. The van der Waals surface area contributed by atoms with Gasteiger partial charge in [-0.2, -0.15) is 0 Å². The Hall–Kier alpha value is -0.610. The van der Waals surface area contributed by atoms with Gasteiger partial charge in [0, 0.05) is 0 Å². The van der Waals surface area contributed by atoms with E-state index in [1.807, 2.05) is 0 Å². The smallest absolute Gasteiger partial charge is 0.325 e. The minimum atomic E-state index is -0.874. The molecular weight excluding hydrogens is 170 g/mol. The standard InChI is InChI=1S/C9H17NO3/c10-8(5-11)9(12)13-6-7-3-1-2-4-7/h7-8,11H,1-6,10H2/t8-/m0/s1. The van der Waals surface area contributed by atoms with E-state index in [1.54, 1.807) is 0 Å². The summed E-state index contributed by atoms with van der Waals surface area (Å²) >= 11 is 0. The Labute approximate surface area is 78.1 Å². The van der Waals surface area contributed by atoms with Gasteiger partial charge in [0.2, 0.25) is 0 Å². The lowest BCUT2D eigenvalue weighted by Gasteiger charge is -2.12. The van der Waals surface area contributed by atoms with Gasteiger partial charge in [-0.25, -0.2) is 0 Å². The summed E-state index contributed by atoms with van der Waals surface area (Å²) in [5.41, 5.74) is 5.28. The number of hydrogen-bond acceptors (Lipinski definition) is 4. The Morgan fingerprint density at radius 1 is 1.54 bits per heavy atom. The molecule has 4 nitrogen and oxygen atoms in total. The molecule has 0 saturated heterocycles. The van der Waals surface area contributed by atoms with Crippen LogP contribution >= 0.6 is 0 Å². The van der Waals surface area contributed by atoms with E-state index >= 15 is 0 Å². The lowest BCUT2D eigenvalue weighted by molar-refractivity contribution is -0.147. The molecule has 0 amide bonds. The molecule has 1 atom stereocenters. The summed E-state index contributed by atoms with van der Waals surface area (Å²) in [5, 5.41) is 8.57. The molecule has 0 unspecified atom stereocenters. The molecule has 1 rings (SSSR count). The van der Waals surface area contributed by atoms with Crippen molar-refractivity contribution in [2.75, 3.05) is 13.2 Å². The van der Waals surface area contributed by atoms with Crippen LogP contribution in [0.2, 0.25) is 0 Å². The van der Waals surface area contributed by atoms with E-state index < -0.39 is 12.0 Å². The highest BCUT2D eigenvalue weighted by atomic mass is 16.5. The normalized spacial score (nSPS) is 20.2. The van der Waals surface area contributed by atoms with E-state index in [0.717, 1.165) is 12.8 Å². The summed E-state index contributed by atoms with van der Waals surface area (Å²) in [6, 6.07) is -0.874. The van der Waals surface area contributed by atoms with E-state index in [4.69, 9.17) is 15.6 Å². The number of carbonyl (C=O) groups excluding carboxylic acids is 1. The second-order valence-electron chi connectivity index (χ2n) is 3.57. The van der Waals surface area contributed by atoms with Gasteiger partial charge in [-0.3, -0.25) is 4.79 Å². The molecule has 1 fully saturated rings. The van der Waals surface area contributed by atoms with Crippen LogP contribution in [0.15, 0.2) is 0 Å². The van der Waals surface area contributed by atoms with Crippen LogP contribution in [0, 0.1) is 5.92 Å².